The second kappa shape index (κ2) is 7.36. The van der Waals surface area contributed by atoms with Crippen LogP contribution < -0.4 is 10.8 Å². The Kier molecular flexibility index (Phi) is 6.63. The van der Waals surface area contributed by atoms with Gasteiger partial charge in [-0.3, -0.25) is 0 Å². The van der Waals surface area contributed by atoms with Crippen molar-refractivity contribution >= 4 is 5.71 Å². The molecule has 13 heavy (non-hydrogen) atoms. The molecule has 0 spiro atoms. The van der Waals surface area contributed by atoms with Gasteiger partial charge in [0.25, 0.3) is 0 Å². The van der Waals surface area contributed by atoms with Gasteiger partial charge in [-0.05, 0) is 19.4 Å². The van der Waals surface area contributed by atoms with E-state index in [0.717, 1.165) is 12.1 Å². The topological polar surface area (TPSA) is 57.1 Å². The average Bonchev–Trinajstić information content (AvgIpc) is 2.12. The van der Waals surface area contributed by atoms with Crippen LogP contribution in [0.5, 0.6) is 0 Å². The summed E-state index contributed by atoms with van der Waals surface area (Å²) in [5.41, 5.74) is 3.94. The van der Waals surface area contributed by atoms with Gasteiger partial charge in [-0.25, -0.2) is 0 Å². The third kappa shape index (κ3) is 5.93. The molecule has 0 bridgehead atoms. The predicted molar refractivity (Wildman–Crippen MR) is 54.4 cm³/mol. The van der Waals surface area contributed by atoms with Gasteiger partial charge < -0.3 is 15.6 Å². The van der Waals surface area contributed by atoms with Crippen molar-refractivity contribution in [2.75, 3.05) is 13.6 Å². The highest BCUT2D eigenvalue weighted by molar-refractivity contribution is 6.05. The summed E-state index contributed by atoms with van der Waals surface area (Å²) >= 11 is 0. The Morgan fingerprint density at radius 2 is 2.23 bits per heavy atom. The van der Waals surface area contributed by atoms with Gasteiger partial charge >= 0.3 is 0 Å². The molecular weight excluding hydrogens is 166 g/mol. The first-order valence-electron chi connectivity index (χ1n) is 4.20. The minimum Gasteiger partial charge on any atom is -0.416 e. The molecule has 3 N–H and O–H groups in total. The van der Waals surface area contributed by atoms with Crippen molar-refractivity contribution in [3.63, 3.8) is 0 Å². The van der Waals surface area contributed by atoms with Crippen LogP contribution in [-0.4, -0.2) is 19.3 Å². The third-order valence-electron chi connectivity index (χ3n) is 1.32. The van der Waals surface area contributed by atoms with Crippen LogP contribution in [0.4, 0.5) is 0 Å². The molecule has 0 unspecified atom stereocenters. The molecule has 0 aliphatic carbocycles. The summed E-state index contributed by atoms with van der Waals surface area (Å²) in [6, 6.07) is 0. The van der Waals surface area contributed by atoms with Crippen molar-refractivity contribution in [3.8, 4) is 0 Å². The Balaban J connectivity index is 3.85. The maximum Gasteiger partial charge on any atom is 0.113 e. The van der Waals surface area contributed by atoms with E-state index < -0.39 is 0 Å². The van der Waals surface area contributed by atoms with Crippen LogP contribution in [0.1, 0.15) is 13.8 Å². The lowest BCUT2D eigenvalue weighted by Gasteiger charge is -1.99. The van der Waals surface area contributed by atoms with E-state index in [0.29, 0.717) is 5.71 Å². The highest BCUT2D eigenvalue weighted by Crippen LogP contribution is 1.94. The number of hydroxylamine groups is 1. The van der Waals surface area contributed by atoms with E-state index in [9.17, 15) is 0 Å². The van der Waals surface area contributed by atoms with Gasteiger partial charge in [-0.2, -0.15) is 5.48 Å². The molecule has 0 saturated heterocycles. The van der Waals surface area contributed by atoms with Crippen LogP contribution >= 0.6 is 0 Å². The molecular formula is C9H17N3O. The standard InChI is InChI=1S/C9H17N3O/c1-4-12-13-6-5-9(10)8(2)7-11-3/h5-7,10-12H,4H2,1-3H3/b6-5+,8-7+,10-9?. The minimum atomic E-state index is 0.423. The fraction of sp³-hybridized carbons (Fsp3) is 0.444. The van der Waals surface area contributed by atoms with Crippen molar-refractivity contribution in [1.82, 2.24) is 10.8 Å². The van der Waals surface area contributed by atoms with Crippen LogP contribution in [0.2, 0.25) is 0 Å². The molecule has 0 aliphatic heterocycles. The predicted octanol–water partition coefficient (Wildman–Crippen LogP) is 1.18. The highest BCUT2D eigenvalue weighted by Gasteiger charge is 1.92. The normalized spacial score (nSPS) is 11.8. The Hall–Kier alpha value is -1.29. The summed E-state index contributed by atoms with van der Waals surface area (Å²) < 4.78 is 0. The minimum absolute atomic E-state index is 0.423. The molecule has 0 aromatic carbocycles. The first-order valence-corrected chi connectivity index (χ1v) is 4.20. The maximum atomic E-state index is 7.53. The van der Waals surface area contributed by atoms with E-state index >= 15 is 0 Å². The van der Waals surface area contributed by atoms with E-state index in [1.165, 1.54) is 6.26 Å². The van der Waals surface area contributed by atoms with Gasteiger partial charge in [-0.15, -0.1) is 0 Å². The Labute approximate surface area is 79.1 Å². The van der Waals surface area contributed by atoms with Crippen molar-refractivity contribution in [2.45, 2.75) is 13.8 Å². The number of rotatable bonds is 6. The van der Waals surface area contributed by atoms with Gasteiger partial charge in [0.1, 0.15) is 6.26 Å². The Morgan fingerprint density at radius 3 is 2.77 bits per heavy atom. The van der Waals surface area contributed by atoms with Crippen molar-refractivity contribution in [2.24, 2.45) is 0 Å². The Bertz CT molecular complexity index is 209. The largest absolute Gasteiger partial charge is 0.416 e. The molecule has 0 fully saturated rings. The molecule has 4 heteroatoms. The lowest BCUT2D eigenvalue weighted by atomic mass is 10.2. The first kappa shape index (κ1) is 11.7. The number of allylic oxidation sites excluding steroid dienone is 2. The third-order valence-corrected chi connectivity index (χ3v) is 1.32. The summed E-state index contributed by atoms with van der Waals surface area (Å²) in [7, 11) is 1.80. The molecule has 0 saturated carbocycles. The molecule has 0 aliphatic rings. The molecule has 0 amide bonds. The summed E-state index contributed by atoms with van der Waals surface area (Å²) in [6.45, 7) is 4.53. The van der Waals surface area contributed by atoms with Crippen molar-refractivity contribution in [3.05, 3.63) is 24.1 Å². The smallest absolute Gasteiger partial charge is 0.113 e. The highest BCUT2D eigenvalue weighted by atomic mass is 16.6. The van der Waals surface area contributed by atoms with Gasteiger partial charge in [0, 0.05) is 25.9 Å². The SMILES string of the molecule is CCNO/C=C/C(=N)/C(C)=C/NC. The zero-order chi connectivity index (χ0) is 10.1. The Morgan fingerprint density at radius 1 is 1.54 bits per heavy atom. The van der Waals surface area contributed by atoms with Gasteiger partial charge in [-0.1, -0.05) is 0 Å². The number of hydrogen-bond acceptors (Lipinski definition) is 4. The van der Waals surface area contributed by atoms with Crippen LogP contribution in [0.3, 0.4) is 0 Å². The zero-order valence-electron chi connectivity index (χ0n) is 8.35. The van der Waals surface area contributed by atoms with E-state index in [1.807, 2.05) is 13.8 Å². The van der Waals surface area contributed by atoms with E-state index in [4.69, 9.17) is 10.2 Å². The van der Waals surface area contributed by atoms with Gasteiger partial charge in [0.15, 0.2) is 0 Å². The van der Waals surface area contributed by atoms with Crippen LogP contribution in [-0.2, 0) is 4.84 Å². The first-order chi connectivity index (χ1) is 6.22. The van der Waals surface area contributed by atoms with Crippen LogP contribution in [0, 0.1) is 5.41 Å². The quantitative estimate of drug-likeness (QED) is 0.251. The molecule has 0 aromatic heterocycles. The monoisotopic (exact) mass is 183 g/mol. The number of nitrogens with one attached hydrogen (secondary N) is 3. The summed E-state index contributed by atoms with van der Waals surface area (Å²) in [5, 5.41) is 10.4. The zero-order valence-corrected chi connectivity index (χ0v) is 8.35. The molecule has 0 heterocycles. The summed E-state index contributed by atoms with van der Waals surface area (Å²) in [6.07, 6.45) is 4.81. The van der Waals surface area contributed by atoms with E-state index in [1.54, 1.807) is 19.3 Å². The van der Waals surface area contributed by atoms with E-state index in [-0.39, 0.29) is 0 Å². The molecule has 0 aromatic rings. The molecule has 0 atom stereocenters. The van der Waals surface area contributed by atoms with Gasteiger partial charge in [0.2, 0.25) is 0 Å². The molecule has 74 valence electrons. The van der Waals surface area contributed by atoms with Crippen LogP contribution in [0.25, 0.3) is 0 Å². The lowest BCUT2D eigenvalue weighted by Crippen LogP contribution is -2.09. The second-order valence-electron chi connectivity index (χ2n) is 2.45. The lowest BCUT2D eigenvalue weighted by molar-refractivity contribution is 0.140. The fourth-order valence-corrected chi connectivity index (χ4v) is 0.659. The van der Waals surface area contributed by atoms with E-state index in [2.05, 4.69) is 10.8 Å². The maximum absolute atomic E-state index is 7.53. The number of hydrogen-bond donors (Lipinski definition) is 3. The fourth-order valence-electron chi connectivity index (χ4n) is 0.659. The average molecular weight is 183 g/mol. The van der Waals surface area contributed by atoms with Crippen molar-refractivity contribution < 1.29 is 4.84 Å². The molecule has 0 rings (SSSR count). The van der Waals surface area contributed by atoms with Gasteiger partial charge in [0.05, 0.1) is 5.71 Å². The summed E-state index contributed by atoms with van der Waals surface area (Å²) in [5.74, 6) is 0. The summed E-state index contributed by atoms with van der Waals surface area (Å²) in [4.78, 5) is 4.86. The van der Waals surface area contributed by atoms with Crippen molar-refractivity contribution in [1.29, 1.82) is 5.41 Å². The molecule has 4 nitrogen and oxygen atoms in total. The molecule has 0 radical (unpaired) electrons. The second-order valence-corrected chi connectivity index (χ2v) is 2.45. The van der Waals surface area contributed by atoms with Crippen LogP contribution in [0.15, 0.2) is 24.1 Å².